The van der Waals surface area contributed by atoms with Crippen LogP contribution in [0, 0.1) is 5.92 Å². The van der Waals surface area contributed by atoms with Crippen LogP contribution in [-0.4, -0.2) is 33.0 Å². The van der Waals surface area contributed by atoms with Crippen molar-refractivity contribution in [1.82, 2.24) is 14.0 Å². The first kappa shape index (κ1) is 19.1. The molecule has 160 valence electrons. The smallest absolute Gasteiger partial charge is 0.250 e. The Morgan fingerprint density at radius 3 is 2.56 bits per heavy atom. The molecule has 1 saturated heterocycles. The summed E-state index contributed by atoms with van der Waals surface area (Å²) in [5.74, 6) is 0.709. The molecule has 0 spiro atoms. The Morgan fingerprint density at radius 1 is 0.875 bits per heavy atom. The lowest BCUT2D eigenvalue weighted by Gasteiger charge is -2.42. The van der Waals surface area contributed by atoms with Gasteiger partial charge in [-0.15, -0.1) is 0 Å². The fourth-order valence-electron chi connectivity index (χ4n) is 5.56. The molecule has 2 atom stereocenters. The Balaban J connectivity index is 1.32. The second-order valence-corrected chi connectivity index (χ2v) is 9.04. The van der Waals surface area contributed by atoms with Crippen LogP contribution < -0.4 is 5.56 Å². The number of benzene rings is 2. The molecule has 0 saturated carbocycles. The lowest BCUT2D eigenvalue weighted by Crippen LogP contribution is -2.49. The third-order valence-electron chi connectivity index (χ3n) is 7.01. The Bertz CT molecular complexity index is 1370. The summed E-state index contributed by atoms with van der Waals surface area (Å²) in [7, 11) is 0. The van der Waals surface area contributed by atoms with Crippen LogP contribution in [0.25, 0.3) is 22.2 Å². The minimum Gasteiger partial charge on any atom is -0.340 e. The molecule has 1 amide bonds. The van der Waals surface area contributed by atoms with Gasteiger partial charge in [0.25, 0.3) is 5.56 Å². The third kappa shape index (κ3) is 3.16. The van der Waals surface area contributed by atoms with Gasteiger partial charge < -0.3 is 14.0 Å². The van der Waals surface area contributed by atoms with Crippen LogP contribution in [0.4, 0.5) is 0 Å². The number of aromatic nitrogens is 2. The second-order valence-electron chi connectivity index (χ2n) is 9.04. The lowest BCUT2D eigenvalue weighted by molar-refractivity contribution is -0.134. The van der Waals surface area contributed by atoms with E-state index >= 15 is 0 Å². The molecule has 0 N–H and O–H groups in total. The first-order chi connectivity index (χ1) is 15.7. The van der Waals surface area contributed by atoms with Crippen molar-refractivity contribution in [2.24, 2.45) is 5.92 Å². The molecule has 2 aromatic carbocycles. The van der Waals surface area contributed by atoms with Gasteiger partial charge in [-0.3, -0.25) is 9.59 Å². The largest absolute Gasteiger partial charge is 0.340 e. The minimum absolute atomic E-state index is 0.0725. The molecule has 4 heterocycles. The number of carbonyl (C=O) groups is 1. The number of nitrogens with zero attached hydrogens (tertiary/aromatic N) is 3. The average molecular weight is 424 g/mol. The average Bonchev–Trinajstić information content (AvgIpc) is 3.19. The zero-order valence-electron chi connectivity index (χ0n) is 17.9. The molecule has 0 unspecified atom stereocenters. The molecule has 0 radical (unpaired) electrons. The van der Waals surface area contributed by atoms with E-state index in [-0.39, 0.29) is 17.4 Å². The molecule has 2 aromatic heterocycles. The minimum atomic E-state index is 0.0725. The van der Waals surface area contributed by atoms with Crippen molar-refractivity contribution in [3.8, 4) is 11.3 Å². The van der Waals surface area contributed by atoms with Crippen molar-refractivity contribution in [2.75, 3.05) is 13.1 Å². The number of likely N-dealkylation sites (tertiary alicyclic amines) is 1. The van der Waals surface area contributed by atoms with Gasteiger partial charge in [0.2, 0.25) is 5.91 Å². The fourth-order valence-corrected chi connectivity index (χ4v) is 5.56. The molecule has 5 nitrogen and oxygen atoms in total. The maximum atomic E-state index is 13.5. The maximum absolute atomic E-state index is 13.5. The molecule has 6 rings (SSSR count). The number of piperidine rings is 1. The van der Waals surface area contributed by atoms with E-state index in [0.29, 0.717) is 25.6 Å². The highest BCUT2D eigenvalue weighted by atomic mass is 16.2. The first-order valence-corrected chi connectivity index (χ1v) is 11.3. The Kier molecular flexibility index (Phi) is 4.49. The standard InChI is InChI=1S/C27H25N3O2/c31-26-12-6-11-24-22-13-19(16-30(24)26)15-28(17-22)27(32)18-29-23-10-5-4-9-21(23)14-25(29)20-7-2-1-3-8-20/h1-12,14,19,22H,13,15-18H2/t19-,22+/m1/s1. The van der Waals surface area contributed by atoms with Gasteiger partial charge in [0.1, 0.15) is 6.54 Å². The predicted octanol–water partition coefficient (Wildman–Crippen LogP) is 4.12. The fraction of sp³-hybridized carbons (Fsp3) is 0.259. The van der Waals surface area contributed by atoms with E-state index in [1.807, 2.05) is 51.9 Å². The molecule has 2 aliphatic rings. The van der Waals surface area contributed by atoms with Gasteiger partial charge >= 0.3 is 0 Å². The monoisotopic (exact) mass is 423 g/mol. The first-order valence-electron chi connectivity index (χ1n) is 11.3. The summed E-state index contributed by atoms with van der Waals surface area (Å²) < 4.78 is 4.06. The quantitative estimate of drug-likeness (QED) is 0.498. The highest BCUT2D eigenvalue weighted by molar-refractivity contribution is 5.89. The zero-order valence-corrected chi connectivity index (χ0v) is 17.9. The van der Waals surface area contributed by atoms with Gasteiger partial charge in [0.15, 0.2) is 0 Å². The molecule has 0 aliphatic carbocycles. The van der Waals surface area contributed by atoms with Gasteiger partial charge in [-0.05, 0) is 36.1 Å². The predicted molar refractivity (Wildman–Crippen MR) is 126 cm³/mol. The summed E-state index contributed by atoms with van der Waals surface area (Å²) in [5, 5.41) is 1.14. The summed E-state index contributed by atoms with van der Waals surface area (Å²) in [4.78, 5) is 27.9. The van der Waals surface area contributed by atoms with Gasteiger partial charge in [0.05, 0.1) is 0 Å². The second kappa shape index (κ2) is 7.52. The van der Waals surface area contributed by atoms with Crippen molar-refractivity contribution < 1.29 is 4.79 Å². The Morgan fingerprint density at radius 2 is 1.69 bits per heavy atom. The summed E-state index contributed by atoms with van der Waals surface area (Å²) in [6, 6.07) is 26.2. The van der Waals surface area contributed by atoms with Gasteiger partial charge in [-0.2, -0.15) is 0 Å². The molecular weight excluding hydrogens is 398 g/mol. The number of para-hydroxylation sites is 1. The summed E-state index contributed by atoms with van der Waals surface area (Å²) in [6.45, 7) is 2.42. The third-order valence-corrected chi connectivity index (χ3v) is 7.01. The molecule has 4 aromatic rings. The van der Waals surface area contributed by atoms with Gasteiger partial charge in [-0.1, -0.05) is 54.6 Å². The van der Waals surface area contributed by atoms with Crippen molar-refractivity contribution in [1.29, 1.82) is 0 Å². The number of hydrogen-bond acceptors (Lipinski definition) is 2. The molecule has 2 bridgehead atoms. The van der Waals surface area contributed by atoms with E-state index in [1.165, 1.54) is 0 Å². The molecule has 5 heteroatoms. The Labute approximate surface area is 186 Å². The number of fused-ring (bicyclic) bond motifs is 5. The van der Waals surface area contributed by atoms with Crippen LogP contribution in [0.3, 0.4) is 0 Å². The van der Waals surface area contributed by atoms with Crippen LogP contribution in [-0.2, 0) is 17.9 Å². The number of rotatable bonds is 3. The van der Waals surface area contributed by atoms with Crippen LogP contribution in [0.5, 0.6) is 0 Å². The van der Waals surface area contributed by atoms with Crippen molar-refractivity contribution in [2.45, 2.75) is 25.4 Å². The van der Waals surface area contributed by atoms with Crippen LogP contribution in [0.1, 0.15) is 18.0 Å². The summed E-state index contributed by atoms with van der Waals surface area (Å²) >= 11 is 0. The number of pyridine rings is 1. The van der Waals surface area contributed by atoms with E-state index in [9.17, 15) is 9.59 Å². The highest BCUT2D eigenvalue weighted by Crippen LogP contribution is 2.35. The topological polar surface area (TPSA) is 47.2 Å². The van der Waals surface area contributed by atoms with Gasteiger partial charge in [0, 0.05) is 53.9 Å². The maximum Gasteiger partial charge on any atom is 0.250 e. The Hall–Kier alpha value is -3.60. The number of hydrogen-bond donors (Lipinski definition) is 0. The highest BCUT2D eigenvalue weighted by Gasteiger charge is 2.36. The van der Waals surface area contributed by atoms with Crippen molar-refractivity contribution in [3.63, 3.8) is 0 Å². The van der Waals surface area contributed by atoms with Crippen LogP contribution in [0.2, 0.25) is 0 Å². The van der Waals surface area contributed by atoms with E-state index < -0.39 is 0 Å². The zero-order chi connectivity index (χ0) is 21.7. The summed E-state index contributed by atoms with van der Waals surface area (Å²) in [6.07, 6.45) is 1.05. The molecule has 2 aliphatic heterocycles. The normalized spacial score (nSPS) is 19.7. The summed E-state index contributed by atoms with van der Waals surface area (Å²) in [5.41, 5.74) is 4.40. The molecule has 32 heavy (non-hydrogen) atoms. The van der Waals surface area contributed by atoms with Crippen LogP contribution >= 0.6 is 0 Å². The molecule has 1 fully saturated rings. The van der Waals surface area contributed by atoms with Crippen LogP contribution in [0.15, 0.2) is 83.7 Å². The van der Waals surface area contributed by atoms with Crippen molar-refractivity contribution in [3.05, 3.63) is 94.9 Å². The lowest BCUT2D eigenvalue weighted by atomic mass is 9.83. The van der Waals surface area contributed by atoms with E-state index in [0.717, 1.165) is 40.8 Å². The SMILES string of the molecule is O=C(Cn1c(-c2ccccc2)cc2ccccc21)N1C[C@H]2C[C@@H](C1)c1cccc(=O)n1C2. The van der Waals surface area contributed by atoms with E-state index in [1.54, 1.807) is 6.07 Å². The number of carbonyl (C=O) groups excluding carboxylic acids is 1. The van der Waals surface area contributed by atoms with E-state index in [2.05, 4.69) is 34.9 Å². The van der Waals surface area contributed by atoms with E-state index in [4.69, 9.17) is 0 Å². The van der Waals surface area contributed by atoms with Gasteiger partial charge in [-0.25, -0.2) is 0 Å². The number of amides is 1. The molecular formula is C27H25N3O2. The van der Waals surface area contributed by atoms with Crippen molar-refractivity contribution >= 4 is 16.8 Å².